The number of hydrogen-bond donors (Lipinski definition) is 1. The highest BCUT2D eigenvalue weighted by atomic mass is 35.5. The van der Waals surface area contributed by atoms with Gasteiger partial charge in [0.15, 0.2) is 0 Å². The van der Waals surface area contributed by atoms with Crippen LogP contribution in [-0.4, -0.2) is 14.2 Å². The molecule has 96 valence electrons. The Balaban J connectivity index is 2.30. The van der Waals surface area contributed by atoms with E-state index in [4.69, 9.17) is 26.8 Å². The van der Waals surface area contributed by atoms with Crippen molar-refractivity contribution in [1.29, 1.82) is 0 Å². The molecule has 0 aliphatic rings. The van der Waals surface area contributed by atoms with Gasteiger partial charge in [-0.3, -0.25) is 0 Å². The third-order valence-electron chi connectivity index (χ3n) is 2.67. The normalized spacial score (nSPS) is 12.2. The summed E-state index contributed by atoms with van der Waals surface area (Å²) >= 11 is 7.56. The Labute approximate surface area is 115 Å². The molecule has 0 spiro atoms. The SMILES string of the molecule is COc1csc(C(N)c2ccc(Cl)c(OC)c2)c1. The molecular weight excluding hydrogens is 270 g/mol. The third-order valence-corrected chi connectivity index (χ3v) is 3.98. The van der Waals surface area contributed by atoms with Gasteiger partial charge < -0.3 is 15.2 Å². The van der Waals surface area contributed by atoms with Crippen LogP contribution < -0.4 is 15.2 Å². The first-order valence-corrected chi connectivity index (χ1v) is 6.63. The zero-order valence-corrected chi connectivity index (χ0v) is 11.7. The first-order valence-electron chi connectivity index (χ1n) is 5.37. The minimum Gasteiger partial charge on any atom is -0.496 e. The van der Waals surface area contributed by atoms with E-state index in [9.17, 15) is 0 Å². The van der Waals surface area contributed by atoms with Crippen LogP contribution in [0, 0.1) is 0 Å². The van der Waals surface area contributed by atoms with Crippen molar-refractivity contribution in [2.45, 2.75) is 6.04 Å². The van der Waals surface area contributed by atoms with E-state index in [-0.39, 0.29) is 6.04 Å². The number of thiophene rings is 1. The van der Waals surface area contributed by atoms with Crippen LogP contribution in [0.5, 0.6) is 11.5 Å². The van der Waals surface area contributed by atoms with Crippen molar-refractivity contribution in [3.05, 3.63) is 45.1 Å². The molecule has 2 N–H and O–H groups in total. The van der Waals surface area contributed by atoms with Crippen molar-refractivity contribution >= 4 is 22.9 Å². The monoisotopic (exact) mass is 283 g/mol. The van der Waals surface area contributed by atoms with Gasteiger partial charge in [-0.25, -0.2) is 0 Å². The van der Waals surface area contributed by atoms with Gasteiger partial charge in [-0.1, -0.05) is 17.7 Å². The van der Waals surface area contributed by atoms with E-state index in [1.807, 2.05) is 23.6 Å². The van der Waals surface area contributed by atoms with Crippen molar-refractivity contribution in [3.8, 4) is 11.5 Å². The van der Waals surface area contributed by atoms with Gasteiger partial charge in [-0.05, 0) is 23.8 Å². The number of halogens is 1. The van der Waals surface area contributed by atoms with Crippen molar-refractivity contribution in [1.82, 2.24) is 0 Å². The summed E-state index contributed by atoms with van der Waals surface area (Å²) in [6.45, 7) is 0. The molecule has 1 aromatic carbocycles. The van der Waals surface area contributed by atoms with E-state index in [2.05, 4.69) is 0 Å². The summed E-state index contributed by atoms with van der Waals surface area (Å²) in [6.07, 6.45) is 0. The lowest BCUT2D eigenvalue weighted by Gasteiger charge is -2.12. The molecule has 18 heavy (non-hydrogen) atoms. The fourth-order valence-electron chi connectivity index (χ4n) is 1.64. The number of benzene rings is 1. The molecular formula is C13H14ClNO2S. The Hall–Kier alpha value is -1.23. The molecule has 0 radical (unpaired) electrons. The molecule has 0 amide bonds. The lowest BCUT2D eigenvalue weighted by atomic mass is 10.1. The highest BCUT2D eigenvalue weighted by Crippen LogP contribution is 2.33. The van der Waals surface area contributed by atoms with Crippen molar-refractivity contribution < 1.29 is 9.47 Å². The molecule has 0 saturated carbocycles. The van der Waals surface area contributed by atoms with Crippen LogP contribution >= 0.6 is 22.9 Å². The van der Waals surface area contributed by atoms with Crippen LogP contribution in [-0.2, 0) is 0 Å². The Kier molecular flexibility index (Phi) is 4.11. The van der Waals surface area contributed by atoms with E-state index in [0.717, 1.165) is 16.2 Å². The predicted molar refractivity (Wildman–Crippen MR) is 74.9 cm³/mol. The summed E-state index contributed by atoms with van der Waals surface area (Å²) in [5.74, 6) is 1.46. The van der Waals surface area contributed by atoms with Gasteiger partial charge in [0.25, 0.3) is 0 Å². The predicted octanol–water partition coefficient (Wildman–Crippen LogP) is 3.47. The topological polar surface area (TPSA) is 44.5 Å². The smallest absolute Gasteiger partial charge is 0.137 e. The maximum Gasteiger partial charge on any atom is 0.137 e. The van der Waals surface area contributed by atoms with Gasteiger partial charge in [0.1, 0.15) is 11.5 Å². The molecule has 1 heterocycles. The molecule has 0 saturated heterocycles. The Morgan fingerprint density at radius 2 is 2.00 bits per heavy atom. The maximum absolute atomic E-state index is 6.21. The first-order chi connectivity index (χ1) is 8.65. The van der Waals surface area contributed by atoms with Crippen LogP contribution in [0.2, 0.25) is 5.02 Å². The van der Waals surface area contributed by atoms with Crippen LogP contribution in [0.25, 0.3) is 0 Å². The molecule has 1 aromatic heterocycles. The second kappa shape index (κ2) is 5.61. The van der Waals surface area contributed by atoms with Crippen LogP contribution in [0.3, 0.4) is 0 Å². The van der Waals surface area contributed by atoms with E-state index < -0.39 is 0 Å². The molecule has 5 heteroatoms. The number of nitrogens with two attached hydrogens (primary N) is 1. The highest BCUT2D eigenvalue weighted by Gasteiger charge is 2.13. The maximum atomic E-state index is 6.21. The minimum absolute atomic E-state index is 0.204. The lowest BCUT2D eigenvalue weighted by Crippen LogP contribution is -2.10. The van der Waals surface area contributed by atoms with Gasteiger partial charge >= 0.3 is 0 Å². The average Bonchev–Trinajstić information content (AvgIpc) is 2.87. The van der Waals surface area contributed by atoms with E-state index in [0.29, 0.717) is 10.8 Å². The summed E-state index contributed by atoms with van der Waals surface area (Å²) in [4.78, 5) is 1.04. The van der Waals surface area contributed by atoms with Crippen LogP contribution in [0.15, 0.2) is 29.6 Å². The molecule has 2 rings (SSSR count). The second-order valence-electron chi connectivity index (χ2n) is 3.76. The number of ether oxygens (including phenoxy) is 2. The average molecular weight is 284 g/mol. The van der Waals surface area contributed by atoms with Gasteiger partial charge in [0, 0.05) is 10.3 Å². The number of rotatable bonds is 4. The minimum atomic E-state index is -0.204. The van der Waals surface area contributed by atoms with Crippen molar-refractivity contribution in [2.75, 3.05) is 14.2 Å². The Morgan fingerprint density at radius 1 is 1.22 bits per heavy atom. The molecule has 0 aliphatic heterocycles. The first kappa shape index (κ1) is 13.2. The van der Waals surface area contributed by atoms with Gasteiger partial charge in [-0.2, -0.15) is 0 Å². The summed E-state index contributed by atoms with van der Waals surface area (Å²) in [5.41, 5.74) is 7.17. The second-order valence-corrected chi connectivity index (χ2v) is 5.11. The third kappa shape index (κ3) is 2.61. The summed E-state index contributed by atoms with van der Waals surface area (Å²) < 4.78 is 10.3. The molecule has 0 fully saturated rings. The molecule has 3 nitrogen and oxygen atoms in total. The molecule has 2 aromatic rings. The van der Waals surface area contributed by atoms with Crippen LogP contribution in [0.1, 0.15) is 16.5 Å². The summed E-state index contributed by atoms with van der Waals surface area (Å²) in [6, 6.07) is 7.29. The fraction of sp³-hybridized carbons (Fsp3) is 0.231. The van der Waals surface area contributed by atoms with Crippen LogP contribution in [0.4, 0.5) is 0 Å². The van der Waals surface area contributed by atoms with Gasteiger partial charge in [0.2, 0.25) is 0 Å². The van der Waals surface area contributed by atoms with Gasteiger partial charge in [-0.15, -0.1) is 11.3 Å². The largest absolute Gasteiger partial charge is 0.496 e. The number of methoxy groups -OCH3 is 2. The zero-order valence-electron chi connectivity index (χ0n) is 10.1. The van der Waals surface area contributed by atoms with Gasteiger partial charge in [0.05, 0.1) is 25.3 Å². The Morgan fingerprint density at radius 3 is 2.61 bits per heavy atom. The Bertz CT molecular complexity index is 542. The highest BCUT2D eigenvalue weighted by molar-refractivity contribution is 7.10. The molecule has 1 atom stereocenters. The summed E-state index contributed by atoms with van der Waals surface area (Å²) in [7, 11) is 3.23. The molecule has 0 aliphatic carbocycles. The van der Waals surface area contributed by atoms with Crippen molar-refractivity contribution in [3.63, 3.8) is 0 Å². The zero-order chi connectivity index (χ0) is 13.1. The van der Waals surface area contributed by atoms with Crippen molar-refractivity contribution in [2.24, 2.45) is 5.73 Å². The van der Waals surface area contributed by atoms with E-state index >= 15 is 0 Å². The standard InChI is InChI=1S/C13H14ClNO2S/c1-16-9-6-12(18-7-9)13(15)8-3-4-10(14)11(5-8)17-2/h3-7,13H,15H2,1-2H3. The van der Waals surface area contributed by atoms with E-state index in [1.54, 1.807) is 31.6 Å². The fourth-order valence-corrected chi connectivity index (χ4v) is 2.72. The quantitative estimate of drug-likeness (QED) is 0.934. The lowest BCUT2D eigenvalue weighted by molar-refractivity contribution is 0.414. The van der Waals surface area contributed by atoms with E-state index in [1.165, 1.54) is 0 Å². The molecule has 0 bridgehead atoms. The summed E-state index contributed by atoms with van der Waals surface area (Å²) in [5, 5.41) is 2.51. The number of hydrogen-bond acceptors (Lipinski definition) is 4. The molecule has 1 unspecified atom stereocenters.